The van der Waals surface area contributed by atoms with Gasteiger partial charge in [-0.25, -0.2) is 0 Å². The predicted molar refractivity (Wildman–Crippen MR) is 86.1 cm³/mol. The second-order valence-corrected chi connectivity index (χ2v) is 5.21. The molecule has 108 valence electrons. The molecule has 3 heteroatoms. The predicted octanol–water partition coefficient (Wildman–Crippen LogP) is 3.65. The Bertz CT molecular complexity index is 811. The van der Waals surface area contributed by atoms with Gasteiger partial charge < -0.3 is 9.67 Å². The Morgan fingerprint density at radius 2 is 1.55 bits per heavy atom. The van der Waals surface area contributed by atoms with Crippen LogP contribution in [-0.2, 0) is 7.05 Å². The molecule has 3 aromatic rings. The van der Waals surface area contributed by atoms with E-state index in [0.29, 0.717) is 5.69 Å². The van der Waals surface area contributed by atoms with Gasteiger partial charge >= 0.3 is 0 Å². The molecular weight excluding hydrogens is 272 g/mol. The van der Waals surface area contributed by atoms with Gasteiger partial charge in [-0.3, -0.25) is 0 Å². The maximum Gasteiger partial charge on any atom is 0.120 e. The van der Waals surface area contributed by atoms with Gasteiger partial charge in [-0.05, 0) is 28.8 Å². The van der Waals surface area contributed by atoms with Gasteiger partial charge in [0.25, 0.3) is 0 Å². The van der Waals surface area contributed by atoms with Crippen LogP contribution in [0.1, 0.15) is 22.9 Å². The summed E-state index contributed by atoms with van der Waals surface area (Å²) >= 11 is 0. The van der Waals surface area contributed by atoms with Gasteiger partial charge in [0.2, 0.25) is 0 Å². The standard InChI is InChI=1S/C19H16N2O/c1-21-17(13-20)11-12-18(21)14-7-9-16(10-8-14)19(22)15-5-3-2-4-6-15/h2-12,19,22H,1H3. The van der Waals surface area contributed by atoms with Crippen molar-refractivity contribution in [2.24, 2.45) is 7.05 Å². The second kappa shape index (κ2) is 5.88. The lowest BCUT2D eigenvalue weighted by Crippen LogP contribution is -1.99. The fourth-order valence-corrected chi connectivity index (χ4v) is 2.58. The SMILES string of the molecule is Cn1c(C#N)ccc1-c1ccc(C(O)c2ccccc2)cc1. The van der Waals surface area contributed by atoms with E-state index in [-0.39, 0.29) is 0 Å². The van der Waals surface area contributed by atoms with Crippen LogP contribution in [0.5, 0.6) is 0 Å². The number of aliphatic hydroxyl groups is 1. The summed E-state index contributed by atoms with van der Waals surface area (Å²) < 4.78 is 1.86. The zero-order valence-electron chi connectivity index (χ0n) is 12.3. The normalized spacial score (nSPS) is 11.9. The monoisotopic (exact) mass is 288 g/mol. The van der Waals surface area contributed by atoms with Crippen LogP contribution in [0.3, 0.4) is 0 Å². The number of nitrogens with zero attached hydrogens (tertiary/aromatic N) is 2. The van der Waals surface area contributed by atoms with Crippen molar-refractivity contribution in [3.05, 3.63) is 83.6 Å². The molecule has 0 saturated heterocycles. The zero-order valence-corrected chi connectivity index (χ0v) is 12.3. The minimum atomic E-state index is -0.627. The maximum atomic E-state index is 10.4. The Hall–Kier alpha value is -2.83. The van der Waals surface area contributed by atoms with E-state index in [9.17, 15) is 5.11 Å². The summed E-state index contributed by atoms with van der Waals surface area (Å²) in [4.78, 5) is 0. The average Bonchev–Trinajstić information content (AvgIpc) is 2.96. The highest BCUT2D eigenvalue weighted by Crippen LogP contribution is 2.26. The molecule has 0 radical (unpaired) electrons. The third kappa shape index (κ3) is 2.52. The molecule has 0 bridgehead atoms. The average molecular weight is 288 g/mol. The molecule has 0 aliphatic carbocycles. The lowest BCUT2D eigenvalue weighted by molar-refractivity contribution is 0.220. The Labute approximate surface area is 129 Å². The van der Waals surface area contributed by atoms with Crippen molar-refractivity contribution in [3.8, 4) is 17.3 Å². The molecule has 0 spiro atoms. The van der Waals surface area contributed by atoms with Crippen LogP contribution < -0.4 is 0 Å². The van der Waals surface area contributed by atoms with Gasteiger partial charge in [-0.1, -0.05) is 54.6 Å². The molecule has 1 aromatic heterocycles. The van der Waals surface area contributed by atoms with Gasteiger partial charge in [0.05, 0.1) is 0 Å². The topological polar surface area (TPSA) is 49.0 Å². The summed E-state index contributed by atoms with van der Waals surface area (Å²) in [6.45, 7) is 0. The van der Waals surface area contributed by atoms with Crippen LogP contribution in [0.15, 0.2) is 66.7 Å². The number of aromatic nitrogens is 1. The van der Waals surface area contributed by atoms with E-state index in [1.807, 2.05) is 78.3 Å². The van der Waals surface area contributed by atoms with Crippen molar-refractivity contribution < 1.29 is 5.11 Å². The Morgan fingerprint density at radius 1 is 0.909 bits per heavy atom. The van der Waals surface area contributed by atoms with Crippen LogP contribution in [0.4, 0.5) is 0 Å². The summed E-state index contributed by atoms with van der Waals surface area (Å²) in [5.74, 6) is 0. The molecule has 0 fully saturated rings. The number of aliphatic hydroxyl groups excluding tert-OH is 1. The van der Waals surface area contributed by atoms with Crippen LogP contribution in [0.25, 0.3) is 11.3 Å². The minimum absolute atomic E-state index is 0.627. The molecule has 3 nitrogen and oxygen atoms in total. The molecule has 0 saturated carbocycles. The van der Waals surface area contributed by atoms with Gasteiger partial charge in [-0.2, -0.15) is 5.26 Å². The van der Waals surface area contributed by atoms with E-state index in [1.54, 1.807) is 0 Å². The van der Waals surface area contributed by atoms with E-state index < -0.39 is 6.10 Å². The largest absolute Gasteiger partial charge is 0.384 e. The third-order valence-corrected chi connectivity index (χ3v) is 3.87. The van der Waals surface area contributed by atoms with Crippen LogP contribution >= 0.6 is 0 Å². The smallest absolute Gasteiger partial charge is 0.120 e. The van der Waals surface area contributed by atoms with E-state index in [1.165, 1.54) is 0 Å². The highest BCUT2D eigenvalue weighted by molar-refractivity contribution is 5.62. The highest BCUT2D eigenvalue weighted by Gasteiger charge is 2.11. The first-order valence-electron chi connectivity index (χ1n) is 7.10. The third-order valence-electron chi connectivity index (χ3n) is 3.87. The molecule has 22 heavy (non-hydrogen) atoms. The van der Waals surface area contributed by atoms with Crippen molar-refractivity contribution in [1.82, 2.24) is 4.57 Å². The van der Waals surface area contributed by atoms with E-state index in [2.05, 4.69) is 6.07 Å². The summed E-state index contributed by atoms with van der Waals surface area (Å²) in [6.07, 6.45) is -0.627. The van der Waals surface area contributed by atoms with Crippen LogP contribution in [0, 0.1) is 11.3 Å². The molecular formula is C19H16N2O. The molecule has 3 rings (SSSR count). The van der Waals surface area contributed by atoms with Crippen molar-refractivity contribution in [2.75, 3.05) is 0 Å². The summed E-state index contributed by atoms with van der Waals surface area (Å²) in [5.41, 5.74) is 4.36. The summed E-state index contributed by atoms with van der Waals surface area (Å²) in [6, 6.07) is 23.3. The Balaban J connectivity index is 1.90. The number of hydrogen-bond donors (Lipinski definition) is 1. The summed E-state index contributed by atoms with van der Waals surface area (Å²) in [7, 11) is 1.88. The molecule has 1 N–H and O–H groups in total. The zero-order chi connectivity index (χ0) is 15.5. The number of nitriles is 1. The molecule has 1 atom stereocenters. The Morgan fingerprint density at radius 3 is 2.14 bits per heavy atom. The summed E-state index contributed by atoms with van der Waals surface area (Å²) in [5, 5.41) is 19.4. The number of rotatable bonds is 3. The van der Waals surface area contributed by atoms with Crippen LogP contribution in [0.2, 0.25) is 0 Å². The molecule has 1 unspecified atom stereocenters. The van der Waals surface area contributed by atoms with E-state index in [4.69, 9.17) is 5.26 Å². The Kier molecular flexibility index (Phi) is 3.78. The van der Waals surface area contributed by atoms with Crippen molar-refractivity contribution in [2.45, 2.75) is 6.10 Å². The van der Waals surface area contributed by atoms with Gasteiger partial charge in [0.15, 0.2) is 0 Å². The minimum Gasteiger partial charge on any atom is -0.384 e. The fraction of sp³-hybridized carbons (Fsp3) is 0.105. The molecule has 1 heterocycles. The lowest BCUT2D eigenvalue weighted by atomic mass is 10.00. The van der Waals surface area contributed by atoms with Crippen molar-refractivity contribution in [3.63, 3.8) is 0 Å². The maximum absolute atomic E-state index is 10.4. The van der Waals surface area contributed by atoms with Crippen molar-refractivity contribution >= 4 is 0 Å². The lowest BCUT2D eigenvalue weighted by Gasteiger charge is -2.12. The molecule has 0 aliphatic heterocycles. The first-order chi connectivity index (χ1) is 10.7. The fourth-order valence-electron chi connectivity index (χ4n) is 2.58. The second-order valence-electron chi connectivity index (χ2n) is 5.21. The number of hydrogen-bond acceptors (Lipinski definition) is 2. The molecule has 0 amide bonds. The van der Waals surface area contributed by atoms with E-state index >= 15 is 0 Å². The van der Waals surface area contributed by atoms with Gasteiger partial charge in [-0.15, -0.1) is 0 Å². The molecule has 2 aromatic carbocycles. The van der Waals surface area contributed by atoms with Gasteiger partial charge in [0.1, 0.15) is 17.9 Å². The first-order valence-corrected chi connectivity index (χ1v) is 7.10. The van der Waals surface area contributed by atoms with E-state index in [0.717, 1.165) is 22.4 Å². The quantitative estimate of drug-likeness (QED) is 0.799. The van der Waals surface area contributed by atoms with Crippen molar-refractivity contribution in [1.29, 1.82) is 5.26 Å². The molecule has 0 aliphatic rings. The number of benzene rings is 2. The van der Waals surface area contributed by atoms with Crippen LogP contribution in [-0.4, -0.2) is 9.67 Å². The highest BCUT2D eigenvalue weighted by atomic mass is 16.3. The van der Waals surface area contributed by atoms with Gasteiger partial charge in [0, 0.05) is 12.7 Å². The first kappa shape index (κ1) is 14.1.